The Morgan fingerprint density at radius 2 is 2.08 bits per heavy atom. The minimum Gasteiger partial charge on any atom is -0.454 e. The van der Waals surface area contributed by atoms with Crippen molar-refractivity contribution in [2.45, 2.75) is 25.8 Å². The highest BCUT2D eigenvalue weighted by molar-refractivity contribution is 6.08. The van der Waals surface area contributed by atoms with Crippen LogP contribution in [0.15, 0.2) is 18.2 Å². The Morgan fingerprint density at radius 3 is 2.83 bits per heavy atom. The van der Waals surface area contributed by atoms with Crippen molar-refractivity contribution >= 4 is 17.8 Å². The van der Waals surface area contributed by atoms with Crippen molar-refractivity contribution in [1.82, 2.24) is 15.5 Å². The number of imide groups is 1. The number of likely N-dealkylation sites (N-methyl/N-ethyl adjacent to an activating group) is 1. The Labute approximate surface area is 139 Å². The molecule has 8 heteroatoms. The standard InChI is InChI=1S/C16H19N3O5/c1-3-17-13(20)8-19-14(21)16(2,18-15(19)22)7-10-4-5-11-12(6-10)24-9-23-11/h4-6H,3,7-9H2,1-2H3,(H,17,20)(H,18,22). The summed E-state index contributed by atoms with van der Waals surface area (Å²) in [4.78, 5) is 37.3. The molecule has 4 amide bonds. The van der Waals surface area contributed by atoms with Crippen LogP contribution in [-0.2, 0) is 16.0 Å². The van der Waals surface area contributed by atoms with E-state index in [1.54, 1.807) is 26.0 Å². The molecule has 8 nitrogen and oxygen atoms in total. The lowest BCUT2D eigenvalue weighted by Gasteiger charge is -2.21. The molecule has 1 atom stereocenters. The van der Waals surface area contributed by atoms with Crippen LogP contribution in [0, 0.1) is 0 Å². The molecular formula is C16H19N3O5. The Morgan fingerprint density at radius 1 is 1.33 bits per heavy atom. The first-order chi connectivity index (χ1) is 11.4. The van der Waals surface area contributed by atoms with Crippen molar-refractivity contribution in [3.05, 3.63) is 23.8 Å². The van der Waals surface area contributed by atoms with Crippen LogP contribution in [0.5, 0.6) is 11.5 Å². The summed E-state index contributed by atoms with van der Waals surface area (Å²) in [6.07, 6.45) is 0.292. The second-order valence-corrected chi connectivity index (χ2v) is 5.97. The predicted octanol–water partition coefficient (Wildman–Crippen LogP) is 0.404. The Bertz CT molecular complexity index is 705. The number of rotatable bonds is 5. The van der Waals surface area contributed by atoms with E-state index in [0.717, 1.165) is 10.5 Å². The van der Waals surface area contributed by atoms with E-state index < -0.39 is 17.5 Å². The molecule has 2 N–H and O–H groups in total. The van der Waals surface area contributed by atoms with E-state index in [2.05, 4.69) is 10.6 Å². The van der Waals surface area contributed by atoms with Crippen molar-refractivity contribution in [1.29, 1.82) is 0 Å². The molecule has 0 saturated carbocycles. The first-order valence-corrected chi connectivity index (χ1v) is 7.72. The van der Waals surface area contributed by atoms with E-state index in [-0.39, 0.29) is 19.2 Å². The topological polar surface area (TPSA) is 97.0 Å². The van der Waals surface area contributed by atoms with Gasteiger partial charge < -0.3 is 20.1 Å². The second kappa shape index (κ2) is 6.03. The van der Waals surface area contributed by atoms with Gasteiger partial charge in [0.05, 0.1) is 0 Å². The van der Waals surface area contributed by atoms with E-state index in [4.69, 9.17) is 9.47 Å². The van der Waals surface area contributed by atoms with Crippen LogP contribution < -0.4 is 20.1 Å². The molecule has 24 heavy (non-hydrogen) atoms. The highest BCUT2D eigenvalue weighted by Gasteiger charge is 2.48. The van der Waals surface area contributed by atoms with Gasteiger partial charge in [-0.3, -0.25) is 14.5 Å². The van der Waals surface area contributed by atoms with Crippen molar-refractivity contribution < 1.29 is 23.9 Å². The van der Waals surface area contributed by atoms with Crippen LogP contribution in [-0.4, -0.2) is 48.2 Å². The maximum atomic E-state index is 12.6. The number of nitrogens with zero attached hydrogens (tertiary/aromatic N) is 1. The highest BCUT2D eigenvalue weighted by Crippen LogP contribution is 2.34. The van der Waals surface area contributed by atoms with Crippen molar-refractivity contribution in [3.8, 4) is 11.5 Å². The number of hydrogen-bond donors (Lipinski definition) is 2. The maximum absolute atomic E-state index is 12.6. The number of nitrogens with one attached hydrogen (secondary N) is 2. The minimum atomic E-state index is -1.10. The van der Waals surface area contributed by atoms with Crippen LogP contribution >= 0.6 is 0 Å². The average molecular weight is 333 g/mol. The molecule has 1 aromatic rings. The monoisotopic (exact) mass is 333 g/mol. The van der Waals surface area contributed by atoms with Gasteiger partial charge in [0.25, 0.3) is 5.91 Å². The van der Waals surface area contributed by atoms with Gasteiger partial charge in [-0.25, -0.2) is 4.79 Å². The Hall–Kier alpha value is -2.77. The van der Waals surface area contributed by atoms with Crippen LogP contribution in [0.4, 0.5) is 4.79 Å². The normalized spacial score (nSPS) is 21.8. The summed E-state index contributed by atoms with van der Waals surface area (Å²) < 4.78 is 10.6. The van der Waals surface area contributed by atoms with Crippen molar-refractivity contribution in [2.24, 2.45) is 0 Å². The molecule has 0 spiro atoms. The molecule has 3 rings (SSSR count). The van der Waals surface area contributed by atoms with E-state index in [9.17, 15) is 14.4 Å². The summed E-state index contributed by atoms with van der Waals surface area (Å²) in [5, 5.41) is 5.25. The zero-order chi connectivity index (χ0) is 17.3. The summed E-state index contributed by atoms with van der Waals surface area (Å²) in [7, 11) is 0. The summed E-state index contributed by atoms with van der Waals surface area (Å²) in [6.45, 7) is 3.75. The summed E-state index contributed by atoms with van der Waals surface area (Å²) >= 11 is 0. The molecule has 2 heterocycles. The fraction of sp³-hybridized carbons (Fsp3) is 0.438. The molecule has 128 valence electrons. The summed E-state index contributed by atoms with van der Waals surface area (Å²) in [5.74, 6) is 0.486. The number of hydrogen-bond acceptors (Lipinski definition) is 5. The van der Waals surface area contributed by atoms with E-state index >= 15 is 0 Å². The molecule has 1 fully saturated rings. The molecule has 0 bridgehead atoms. The van der Waals surface area contributed by atoms with Crippen LogP contribution in [0.3, 0.4) is 0 Å². The average Bonchev–Trinajstić information content (AvgIpc) is 3.06. The fourth-order valence-electron chi connectivity index (χ4n) is 2.87. The van der Waals surface area contributed by atoms with Gasteiger partial charge in [0, 0.05) is 13.0 Å². The third kappa shape index (κ3) is 2.86. The Kier molecular flexibility index (Phi) is 4.04. The van der Waals surface area contributed by atoms with E-state index in [0.29, 0.717) is 24.5 Å². The van der Waals surface area contributed by atoms with Gasteiger partial charge in [0.2, 0.25) is 12.7 Å². The highest BCUT2D eigenvalue weighted by atomic mass is 16.7. The lowest BCUT2D eigenvalue weighted by Crippen LogP contribution is -2.46. The smallest absolute Gasteiger partial charge is 0.325 e. The third-order valence-corrected chi connectivity index (χ3v) is 4.02. The lowest BCUT2D eigenvalue weighted by atomic mass is 9.92. The van der Waals surface area contributed by atoms with Gasteiger partial charge in [0.1, 0.15) is 12.1 Å². The molecule has 0 radical (unpaired) electrons. The van der Waals surface area contributed by atoms with Crippen LogP contribution in [0.2, 0.25) is 0 Å². The third-order valence-electron chi connectivity index (χ3n) is 4.02. The zero-order valence-electron chi connectivity index (χ0n) is 13.5. The van der Waals surface area contributed by atoms with Gasteiger partial charge in [0.15, 0.2) is 11.5 Å². The predicted molar refractivity (Wildman–Crippen MR) is 83.6 cm³/mol. The van der Waals surface area contributed by atoms with Gasteiger partial charge in [-0.2, -0.15) is 0 Å². The zero-order valence-corrected chi connectivity index (χ0v) is 13.5. The molecule has 0 aliphatic carbocycles. The summed E-state index contributed by atoms with van der Waals surface area (Å²) in [6, 6.07) is 4.83. The quantitative estimate of drug-likeness (QED) is 0.761. The van der Waals surface area contributed by atoms with Gasteiger partial charge >= 0.3 is 6.03 Å². The maximum Gasteiger partial charge on any atom is 0.325 e. The largest absolute Gasteiger partial charge is 0.454 e. The fourth-order valence-corrected chi connectivity index (χ4v) is 2.87. The first-order valence-electron chi connectivity index (χ1n) is 7.72. The van der Waals surface area contributed by atoms with Crippen molar-refractivity contribution in [2.75, 3.05) is 19.9 Å². The molecule has 0 aromatic heterocycles. The molecular weight excluding hydrogens is 314 g/mol. The van der Waals surface area contributed by atoms with Gasteiger partial charge in [-0.1, -0.05) is 6.07 Å². The van der Waals surface area contributed by atoms with E-state index in [1.165, 1.54) is 0 Å². The van der Waals surface area contributed by atoms with E-state index in [1.807, 2.05) is 6.07 Å². The summed E-state index contributed by atoms with van der Waals surface area (Å²) in [5.41, 5.74) is -0.271. The number of carbonyl (C=O) groups excluding carboxylic acids is 3. The number of ether oxygens (including phenoxy) is 2. The van der Waals surface area contributed by atoms with Crippen LogP contribution in [0.25, 0.3) is 0 Å². The number of fused-ring (bicyclic) bond motifs is 1. The molecule has 1 unspecified atom stereocenters. The minimum absolute atomic E-state index is 0.173. The number of carbonyl (C=O) groups is 3. The van der Waals surface area contributed by atoms with Gasteiger partial charge in [-0.15, -0.1) is 0 Å². The molecule has 1 aromatic carbocycles. The Balaban J connectivity index is 1.74. The SMILES string of the molecule is CCNC(=O)CN1C(=O)NC(C)(Cc2ccc3c(c2)OCO3)C1=O. The lowest BCUT2D eigenvalue weighted by molar-refractivity contribution is -0.134. The molecule has 2 aliphatic rings. The number of urea groups is 1. The van der Waals surface area contributed by atoms with Gasteiger partial charge in [-0.05, 0) is 31.5 Å². The van der Waals surface area contributed by atoms with Crippen molar-refractivity contribution in [3.63, 3.8) is 0 Å². The number of benzene rings is 1. The van der Waals surface area contributed by atoms with Crippen LogP contribution in [0.1, 0.15) is 19.4 Å². The number of amides is 4. The second-order valence-electron chi connectivity index (χ2n) is 5.97. The first kappa shape index (κ1) is 16.1. The molecule has 2 aliphatic heterocycles. The molecule has 1 saturated heterocycles.